The molecule has 0 aliphatic carbocycles. The number of hydrogen-bond donors (Lipinski definition) is 16. The lowest BCUT2D eigenvalue weighted by molar-refractivity contribution is -0.370. The van der Waals surface area contributed by atoms with E-state index in [-0.39, 0.29) is 246 Å². The van der Waals surface area contributed by atoms with Gasteiger partial charge in [0.2, 0.25) is 47.3 Å². The minimum atomic E-state index is -1.56. The number of carbonyl (C=O) groups excluding carboxylic acids is 20. The van der Waals surface area contributed by atoms with Gasteiger partial charge in [0.25, 0.3) is 0 Å². The van der Waals surface area contributed by atoms with Crippen LogP contribution in [0.2, 0.25) is 0 Å². The number of amides is 8. The Labute approximate surface area is 895 Å². The first-order valence-corrected chi connectivity index (χ1v) is 55.6. The van der Waals surface area contributed by atoms with E-state index in [1.54, 1.807) is 62.3 Å². The van der Waals surface area contributed by atoms with Gasteiger partial charge in [-0.25, -0.2) is 9.59 Å². The van der Waals surface area contributed by atoms with Crippen molar-refractivity contribution >= 4 is 117 Å². The second kappa shape index (κ2) is 73.4. The number of ketones is 10. The standard InChI is InChI=1S/C56H99N7O12.C55H97N7O12.CH4/c1-13-34(10)48-29-42(65)24-37(16-19-57)52(70)62-50(35(11)14-2)46(68)26-39(18-21-59)54(72)63-51(36(12)15-3)47(69)27-40(22-31(4)5)44(66)25-38(17-20-58)53(71)61-49(33(8)9)45(67)28-41(23-32(6)7)55(73)60-43(30-64)56(74)75-48;1-13-34(11)47-28-41(64)23-36(15-18-56)51(69)60-48(32(7)8)44(66)25-38(17-20-58)53(71)62-50(35(12)14-2)46(68)26-39(21-30(3)4)43(65)24-37(16-19-57)52(70)61-49(33(9)10)45(67)27-40(22-31(5)6)54(72)59-42(29-63)55(73)74-47;/h31-41,43,48-51,64H,13-30,57-59H2,1-12H3,(H,60,73)(H,61,71)(H,62,70)(H,63,72);30-40,42,47-50,63H,13-29,56-58H2,1-12H3,(H,59,72)(H,60,69)(H,61,70)(H,62,71);1H4/p+2/t34?,35-,36?,37?,38?,39?,40?,41?,43?,48?,49?,50+,51?;34?,35?,36?,37?,38?,39?,40?,42?,47?,48-,49?,50?;/m10./s1. The fourth-order valence-electron chi connectivity index (χ4n) is 19.4. The van der Waals surface area contributed by atoms with Crippen LogP contribution in [0.4, 0.5) is 0 Å². The molecule has 25 atom stereocenters. The van der Waals surface area contributed by atoms with Crippen LogP contribution in [0.15, 0.2) is 0 Å². The molecule has 0 aromatic heterocycles. The van der Waals surface area contributed by atoms with Gasteiger partial charge in [0.05, 0.1) is 74.4 Å². The fraction of sp³-hybridized carbons (Fsp3) is 0.821. The molecule has 0 aromatic rings. The number of aliphatic hydroxyl groups is 2. The molecular formula is C112H202N14O24+2. The molecule has 24 N–H and O–H groups in total. The summed E-state index contributed by atoms with van der Waals surface area (Å²) in [6.07, 6.45) is -1.29. The fourth-order valence-corrected chi connectivity index (χ4v) is 19.4. The number of carbonyl (C=O) groups is 20. The molecular weight excluding hydrogens is 1930 g/mol. The van der Waals surface area contributed by atoms with Gasteiger partial charge in [-0.05, 0) is 149 Å². The van der Waals surface area contributed by atoms with Crippen LogP contribution in [0.25, 0.3) is 0 Å². The van der Waals surface area contributed by atoms with Crippen molar-refractivity contribution in [1.29, 1.82) is 0 Å². The van der Waals surface area contributed by atoms with Gasteiger partial charge >= 0.3 is 11.9 Å². The number of cyclic esters (lactones) is 2. The second-order valence-electron chi connectivity index (χ2n) is 45.4. The molecule has 0 spiro atoms. The Balaban J connectivity index is 0.00000294. The average Bonchev–Trinajstić information content (AvgIpc) is 0.849. The van der Waals surface area contributed by atoms with E-state index < -0.39 is 251 Å². The van der Waals surface area contributed by atoms with Gasteiger partial charge in [0.1, 0.15) is 35.3 Å². The summed E-state index contributed by atoms with van der Waals surface area (Å²) in [5.41, 5.74) is 31.7. The Morgan fingerprint density at radius 2 is 0.453 bits per heavy atom. The summed E-state index contributed by atoms with van der Waals surface area (Å²) in [5, 5.41) is 43.2. The largest absolute Gasteiger partial charge is 0.460 e. The Hall–Kier alpha value is -8.92. The maximum Gasteiger partial charge on any atom is 0.331 e. The van der Waals surface area contributed by atoms with Crippen molar-refractivity contribution in [3.8, 4) is 0 Å². The highest BCUT2D eigenvalue weighted by Crippen LogP contribution is 2.33. The number of Topliss-reactive ketones (excluding diaryl/α,β-unsaturated/α-hetero) is 10. The van der Waals surface area contributed by atoms with Crippen LogP contribution in [0.3, 0.4) is 0 Å². The minimum absolute atomic E-state index is 0. The molecule has 2 aliphatic rings. The Morgan fingerprint density at radius 1 is 0.260 bits per heavy atom. The number of rotatable bonds is 35. The molecule has 862 valence electrons. The zero-order chi connectivity index (χ0) is 114. The van der Waals surface area contributed by atoms with Crippen LogP contribution >= 0.6 is 0 Å². The lowest BCUT2D eigenvalue weighted by Gasteiger charge is -2.29. The molecule has 0 saturated carbocycles. The third kappa shape index (κ3) is 49.7. The van der Waals surface area contributed by atoms with Gasteiger partial charge in [0.15, 0.2) is 46.8 Å². The number of hydrogen-bond acceptors (Lipinski definition) is 28. The van der Waals surface area contributed by atoms with Gasteiger partial charge in [0, 0.05) is 137 Å². The number of nitrogens with two attached hydrogens (primary N) is 4. The molecule has 38 nitrogen and oxygen atoms in total. The average molecular weight is 2130 g/mol. The zero-order valence-electron chi connectivity index (χ0n) is 94.8. The first-order chi connectivity index (χ1) is 69.9. The predicted octanol–water partition coefficient (Wildman–Crippen LogP) is 6.90. The van der Waals surface area contributed by atoms with Crippen molar-refractivity contribution in [3.63, 3.8) is 0 Å². The lowest BCUT2D eigenvalue weighted by Crippen LogP contribution is -2.53. The maximum atomic E-state index is 14.4. The highest BCUT2D eigenvalue weighted by Gasteiger charge is 2.45. The SMILES string of the molecule is C.CCC(C)C1CC(=O)CC(CCN)C(=O)N[C@@H](C(C)C)C(=O)CC(CCN)C(=O)NC(C(C)CC)C(=O)CC(CC(C)C)C(=O)CC(CC[NH3+])C(=O)NC(C(C)C)C(=O)CC(CC(C)C)C(=O)NC(CO)C(=O)O1.CCC(C)C1CC(=O)CC(CCN)C(=O)N[C@@H]([C@H](C)CC)C(=O)CC(CCN)C(=O)NC(C(C)CC)C(=O)CC(CC(C)C)C(=O)CC(CC[NH3+])C(=O)NC(C(C)C)C(=O)CC(CC(C)C)C(=O)NC(CO)C(=O)O1. The van der Waals surface area contributed by atoms with E-state index in [1.807, 2.05) is 104 Å². The summed E-state index contributed by atoms with van der Waals surface area (Å²) >= 11 is 0. The molecule has 2 fully saturated rings. The third-order valence-corrected chi connectivity index (χ3v) is 29.6. The van der Waals surface area contributed by atoms with Crippen LogP contribution < -0.4 is 76.9 Å². The van der Waals surface area contributed by atoms with Crippen molar-refractivity contribution in [1.82, 2.24) is 42.5 Å². The van der Waals surface area contributed by atoms with Crippen molar-refractivity contribution in [2.24, 2.45) is 153 Å². The van der Waals surface area contributed by atoms with E-state index in [9.17, 15) is 106 Å². The normalized spacial score (nSPS) is 28.0. The van der Waals surface area contributed by atoms with Crippen LogP contribution in [-0.2, 0) is 105 Å². The summed E-state index contributed by atoms with van der Waals surface area (Å²) in [6, 6.07) is -9.45. The number of esters is 2. The second-order valence-corrected chi connectivity index (χ2v) is 45.4. The third-order valence-electron chi connectivity index (χ3n) is 29.6. The minimum Gasteiger partial charge on any atom is -0.460 e. The smallest absolute Gasteiger partial charge is 0.331 e. The summed E-state index contributed by atoms with van der Waals surface area (Å²) in [4.78, 5) is 283. The van der Waals surface area contributed by atoms with Crippen LogP contribution in [-0.4, -0.2) is 240 Å². The van der Waals surface area contributed by atoms with Gasteiger partial charge in [-0.1, -0.05) is 206 Å². The topological polar surface area (TPSA) is 656 Å². The lowest BCUT2D eigenvalue weighted by atomic mass is 9.81. The molecule has 2 saturated heterocycles. The van der Waals surface area contributed by atoms with E-state index in [0.29, 0.717) is 44.9 Å². The van der Waals surface area contributed by atoms with Crippen LogP contribution in [0.1, 0.15) is 347 Å². The quantitative estimate of drug-likeness (QED) is 0.0287. The van der Waals surface area contributed by atoms with Crippen LogP contribution in [0.5, 0.6) is 0 Å². The highest BCUT2D eigenvalue weighted by atomic mass is 16.6. The molecule has 0 aromatic carbocycles. The number of ether oxygens (including phenoxy) is 2. The molecule has 2 rings (SSSR count). The van der Waals surface area contributed by atoms with E-state index in [4.69, 9.17) is 32.4 Å². The summed E-state index contributed by atoms with van der Waals surface area (Å²) in [6.45, 7) is 42.8. The predicted molar refractivity (Wildman–Crippen MR) is 576 cm³/mol. The van der Waals surface area contributed by atoms with Crippen molar-refractivity contribution < 1.29 is 127 Å². The van der Waals surface area contributed by atoms with Gasteiger partial charge in [-0.15, -0.1) is 0 Å². The van der Waals surface area contributed by atoms with Crippen LogP contribution in [0, 0.1) is 130 Å². The van der Waals surface area contributed by atoms with Crippen molar-refractivity contribution in [2.75, 3.05) is 52.5 Å². The maximum absolute atomic E-state index is 14.4. The molecule has 150 heavy (non-hydrogen) atoms. The Kier molecular flexibility index (Phi) is 69.1. The van der Waals surface area contributed by atoms with Gasteiger partial charge in [-0.2, -0.15) is 0 Å². The highest BCUT2D eigenvalue weighted by molar-refractivity contribution is 6.02. The monoisotopic (exact) mass is 2130 g/mol. The summed E-state index contributed by atoms with van der Waals surface area (Å²) < 4.78 is 11.7. The van der Waals surface area contributed by atoms with Gasteiger partial charge < -0.3 is 96.6 Å². The molecule has 2 aliphatic heterocycles. The molecule has 0 bridgehead atoms. The Bertz CT molecular complexity index is 4260. The van der Waals surface area contributed by atoms with Gasteiger partial charge in [-0.3, -0.25) is 86.3 Å². The van der Waals surface area contributed by atoms with E-state index >= 15 is 0 Å². The van der Waals surface area contributed by atoms with E-state index in [0.717, 1.165) is 0 Å². The van der Waals surface area contributed by atoms with Crippen molar-refractivity contribution in [3.05, 3.63) is 0 Å². The zero-order valence-corrected chi connectivity index (χ0v) is 94.8. The van der Waals surface area contributed by atoms with E-state index in [1.165, 1.54) is 0 Å². The molecule has 8 amide bonds. The molecule has 22 unspecified atom stereocenters. The molecule has 0 radical (unpaired) electrons. The molecule has 2 heterocycles. The van der Waals surface area contributed by atoms with E-state index in [2.05, 4.69) is 54.0 Å². The first-order valence-electron chi connectivity index (χ1n) is 55.6. The summed E-state index contributed by atoms with van der Waals surface area (Å²) in [5.74, 6) is -23.8. The summed E-state index contributed by atoms with van der Waals surface area (Å²) in [7, 11) is 0. The molecule has 38 heteroatoms. The Morgan fingerprint density at radius 3 is 0.667 bits per heavy atom. The number of nitrogens with one attached hydrogen (secondary N) is 8. The van der Waals surface area contributed by atoms with Crippen molar-refractivity contribution in [2.45, 2.75) is 408 Å². The first kappa shape index (κ1) is 141. The number of quaternary nitrogens is 2. The number of aliphatic hydroxyl groups excluding tert-OH is 2.